The van der Waals surface area contributed by atoms with Crippen LogP contribution in [0.2, 0.25) is 5.15 Å². The molecule has 1 heterocycles. The van der Waals surface area contributed by atoms with Crippen molar-refractivity contribution in [2.45, 2.75) is 33.2 Å². The smallest absolute Gasteiger partial charge is 0.151 e. The predicted molar refractivity (Wildman–Crippen MR) is 80.6 cm³/mol. The maximum atomic E-state index is 6.08. The summed E-state index contributed by atoms with van der Waals surface area (Å²) in [6, 6.07) is 8.37. The maximum Gasteiger partial charge on any atom is 0.151 e. The van der Waals surface area contributed by atoms with E-state index in [0.29, 0.717) is 18.3 Å². The van der Waals surface area contributed by atoms with Crippen LogP contribution in [-0.2, 0) is 31.0 Å². The molecule has 2 aromatic rings. The molecule has 0 radical (unpaired) electrons. The van der Waals surface area contributed by atoms with Gasteiger partial charge in [-0.15, -0.1) is 0 Å². The molecule has 0 aliphatic heterocycles. The molecule has 0 aliphatic rings. The lowest BCUT2D eigenvalue weighted by Gasteiger charge is -2.09. The standard InChI is InChI=1S/C15H20ClN3O/c1-3-19-11-18-15(16)14(19)9-17-8-12-5-4-6-13(7-12)10-20-2/h4-7,11,17H,3,8-10H2,1-2H3. The monoisotopic (exact) mass is 293 g/mol. The second-order valence-electron chi connectivity index (χ2n) is 4.62. The summed E-state index contributed by atoms with van der Waals surface area (Å²) in [4.78, 5) is 4.12. The Hall–Kier alpha value is -1.36. The maximum absolute atomic E-state index is 6.08. The summed E-state index contributed by atoms with van der Waals surface area (Å²) in [5, 5.41) is 3.98. The number of aryl methyl sites for hydroxylation is 1. The van der Waals surface area contributed by atoms with E-state index in [1.165, 1.54) is 11.1 Å². The Labute approximate surface area is 124 Å². The van der Waals surface area contributed by atoms with Crippen molar-refractivity contribution in [2.24, 2.45) is 0 Å². The lowest BCUT2D eigenvalue weighted by molar-refractivity contribution is 0.185. The van der Waals surface area contributed by atoms with Gasteiger partial charge in [0.2, 0.25) is 0 Å². The second kappa shape index (κ2) is 7.43. The first-order chi connectivity index (χ1) is 9.74. The molecule has 1 N–H and O–H groups in total. The Kier molecular flexibility index (Phi) is 5.59. The third-order valence-corrected chi connectivity index (χ3v) is 3.48. The molecule has 0 amide bonds. The molecule has 20 heavy (non-hydrogen) atoms. The lowest BCUT2D eigenvalue weighted by atomic mass is 10.1. The van der Waals surface area contributed by atoms with Gasteiger partial charge in [0.1, 0.15) is 0 Å². The van der Waals surface area contributed by atoms with Crippen molar-refractivity contribution in [1.82, 2.24) is 14.9 Å². The fraction of sp³-hybridized carbons (Fsp3) is 0.400. The van der Waals surface area contributed by atoms with Crippen LogP contribution in [0.3, 0.4) is 0 Å². The molecular weight excluding hydrogens is 274 g/mol. The molecule has 5 heteroatoms. The number of halogens is 1. The number of benzene rings is 1. The number of hydrogen-bond acceptors (Lipinski definition) is 3. The Morgan fingerprint density at radius 3 is 2.85 bits per heavy atom. The zero-order valence-corrected chi connectivity index (χ0v) is 12.7. The molecular formula is C15H20ClN3O. The van der Waals surface area contributed by atoms with Gasteiger partial charge in [-0.3, -0.25) is 0 Å². The Morgan fingerprint density at radius 1 is 1.30 bits per heavy atom. The number of nitrogens with zero attached hydrogens (tertiary/aromatic N) is 2. The molecule has 2 rings (SSSR count). The number of aromatic nitrogens is 2. The average molecular weight is 294 g/mol. The molecule has 0 saturated heterocycles. The summed E-state index contributed by atoms with van der Waals surface area (Å²) in [5.41, 5.74) is 3.45. The minimum Gasteiger partial charge on any atom is -0.380 e. The predicted octanol–water partition coefficient (Wildman–Crippen LogP) is 2.99. The summed E-state index contributed by atoms with van der Waals surface area (Å²) in [6.07, 6.45) is 1.78. The first kappa shape index (κ1) is 15.0. The van der Waals surface area contributed by atoms with Crippen LogP contribution >= 0.6 is 11.6 Å². The van der Waals surface area contributed by atoms with Gasteiger partial charge in [-0.1, -0.05) is 35.9 Å². The van der Waals surface area contributed by atoms with Crippen molar-refractivity contribution < 1.29 is 4.74 Å². The molecule has 108 valence electrons. The second-order valence-corrected chi connectivity index (χ2v) is 4.98. The van der Waals surface area contributed by atoms with Crippen LogP contribution in [-0.4, -0.2) is 16.7 Å². The molecule has 0 aliphatic carbocycles. The third-order valence-electron chi connectivity index (χ3n) is 3.16. The van der Waals surface area contributed by atoms with Gasteiger partial charge in [-0.25, -0.2) is 4.98 Å². The Balaban J connectivity index is 1.92. The molecule has 0 bridgehead atoms. The van der Waals surface area contributed by atoms with Gasteiger partial charge in [-0.05, 0) is 18.1 Å². The molecule has 1 aromatic heterocycles. The highest BCUT2D eigenvalue weighted by Gasteiger charge is 2.07. The van der Waals surface area contributed by atoms with Crippen molar-refractivity contribution in [3.8, 4) is 0 Å². The SMILES string of the molecule is CCn1cnc(Cl)c1CNCc1cccc(COC)c1. The molecule has 0 atom stereocenters. The van der Waals surface area contributed by atoms with E-state index in [1.54, 1.807) is 13.4 Å². The minimum atomic E-state index is 0.576. The van der Waals surface area contributed by atoms with Crippen LogP contribution in [0.15, 0.2) is 30.6 Å². The highest BCUT2D eigenvalue weighted by molar-refractivity contribution is 6.30. The van der Waals surface area contributed by atoms with E-state index in [2.05, 4.69) is 46.1 Å². The van der Waals surface area contributed by atoms with Gasteiger partial charge in [0.25, 0.3) is 0 Å². The molecule has 4 nitrogen and oxygen atoms in total. The molecule has 0 fully saturated rings. The summed E-state index contributed by atoms with van der Waals surface area (Å²) < 4.78 is 7.20. The third kappa shape index (κ3) is 3.82. The molecule has 0 saturated carbocycles. The largest absolute Gasteiger partial charge is 0.380 e. The van der Waals surface area contributed by atoms with Gasteiger partial charge < -0.3 is 14.6 Å². The normalized spacial score (nSPS) is 10.9. The van der Waals surface area contributed by atoms with Crippen LogP contribution < -0.4 is 5.32 Å². The number of nitrogens with one attached hydrogen (secondary N) is 1. The van der Waals surface area contributed by atoms with E-state index >= 15 is 0 Å². The highest BCUT2D eigenvalue weighted by atomic mass is 35.5. The van der Waals surface area contributed by atoms with Crippen molar-refractivity contribution in [1.29, 1.82) is 0 Å². The Morgan fingerprint density at radius 2 is 2.10 bits per heavy atom. The highest BCUT2D eigenvalue weighted by Crippen LogP contribution is 2.14. The molecule has 0 spiro atoms. The summed E-state index contributed by atoms with van der Waals surface area (Å²) in [6.45, 7) is 5.10. The number of ether oxygens (including phenoxy) is 1. The fourth-order valence-corrected chi connectivity index (χ4v) is 2.37. The van der Waals surface area contributed by atoms with Gasteiger partial charge in [-0.2, -0.15) is 0 Å². The van der Waals surface area contributed by atoms with Crippen LogP contribution in [0.4, 0.5) is 0 Å². The zero-order valence-electron chi connectivity index (χ0n) is 11.9. The average Bonchev–Trinajstić information content (AvgIpc) is 2.81. The van der Waals surface area contributed by atoms with E-state index in [0.717, 1.165) is 18.8 Å². The van der Waals surface area contributed by atoms with Crippen LogP contribution in [0, 0.1) is 0 Å². The van der Waals surface area contributed by atoms with Gasteiger partial charge in [0.05, 0.1) is 18.6 Å². The lowest BCUT2D eigenvalue weighted by Crippen LogP contribution is -2.16. The van der Waals surface area contributed by atoms with Gasteiger partial charge in [0.15, 0.2) is 5.15 Å². The van der Waals surface area contributed by atoms with Crippen molar-refractivity contribution in [2.75, 3.05) is 7.11 Å². The van der Waals surface area contributed by atoms with Crippen LogP contribution in [0.25, 0.3) is 0 Å². The zero-order chi connectivity index (χ0) is 14.4. The summed E-state index contributed by atoms with van der Waals surface area (Å²) in [5.74, 6) is 0. The number of hydrogen-bond donors (Lipinski definition) is 1. The number of methoxy groups -OCH3 is 1. The van der Waals surface area contributed by atoms with Crippen LogP contribution in [0.1, 0.15) is 23.7 Å². The summed E-state index contributed by atoms with van der Waals surface area (Å²) in [7, 11) is 1.71. The van der Waals surface area contributed by atoms with Crippen LogP contribution in [0.5, 0.6) is 0 Å². The van der Waals surface area contributed by atoms with Crippen molar-refractivity contribution in [3.63, 3.8) is 0 Å². The van der Waals surface area contributed by atoms with E-state index < -0.39 is 0 Å². The van der Waals surface area contributed by atoms with Crippen molar-refractivity contribution >= 4 is 11.6 Å². The summed E-state index contributed by atoms with van der Waals surface area (Å²) >= 11 is 6.08. The Bertz CT molecular complexity index is 554. The van der Waals surface area contributed by atoms with Crippen molar-refractivity contribution in [3.05, 3.63) is 52.6 Å². The van der Waals surface area contributed by atoms with E-state index in [-0.39, 0.29) is 0 Å². The molecule has 1 aromatic carbocycles. The van der Waals surface area contributed by atoms with Gasteiger partial charge in [0, 0.05) is 26.7 Å². The van der Waals surface area contributed by atoms with E-state index in [1.807, 2.05) is 0 Å². The quantitative estimate of drug-likeness (QED) is 0.853. The van der Waals surface area contributed by atoms with E-state index in [4.69, 9.17) is 16.3 Å². The fourth-order valence-electron chi connectivity index (χ4n) is 2.15. The first-order valence-corrected chi connectivity index (χ1v) is 7.09. The first-order valence-electron chi connectivity index (χ1n) is 6.71. The minimum absolute atomic E-state index is 0.576. The number of rotatable bonds is 7. The van der Waals surface area contributed by atoms with E-state index in [9.17, 15) is 0 Å². The molecule has 0 unspecified atom stereocenters. The topological polar surface area (TPSA) is 39.1 Å². The van der Waals surface area contributed by atoms with Gasteiger partial charge >= 0.3 is 0 Å². The number of imidazole rings is 1.